The summed E-state index contributed by atoms with van der Waals surface area (Å²) >= 11 is 0. The molecule has 2 aromatic rings. The van der Waals surface area contributed by atoms with Crippen molar-refractivity contribution in [2.45, 2.75) is 38.6 Å². The van der Waals surface area contributed by atoms with Crippen LogP contribution in [0.2, 0.25) is 0 Å². The van der Waals surface area contributed by atoms with Crippen LogP contribution in [-0.2, 0) is 6.42 Å². The van der Waals surface area contributed by atoms with Crippen molar-refractivity contribution >= 4 is 0 Å². The van der Waals surface area contributed by atoms with Gasteiger partial charge in [0.1, 0.15) is 0 Å². The lowest BCUT2D eigenvalue weighted by molar-refractivity contribution is 0.367. The van der Waals surface area contributed by atoms with Crippen LogP contribution in [0, 0.1) is 0 Å². The molecule has 0 radical (unpaired) electrons. The van der Waals surface area contributed by atoms with Gasteiger partial charge in [0.2, 0.25) is 0 Å². The van der Waals surface area contributed by atoms with Gasteiger partial charge in [-0.1, -0.05) is 30.6 Å². The Labute approximate surface area is 113 Å². The highest BCUT2D eigenvalue weighted by Gasteiger charge is 2.20. The van der Waals surface area contributed by atoms with Gasteiger partial charge in [-0.25, -0.2) is 0 Å². The molecule has 1 aromatic carbocycles. The maximum absolute atomic E-state index is 5.38. The van der Waals surface area contributed by atoms with Crippen LogP contribution >= 0.6 is 0 Å². The minimum absolute atomic E-state index is 0.251. The molecule has 1 unspecified atom stereocenters. The predicted molar refractivity (Wildman–Crippen MR) is 73.7 cm³/mol. The molecule has 0 amide bonds. The SMILES string of the molecule is CCc1ccc(-c2nc(C3CCCCN3)no2)cc1. The Morgan fingerprint density at radius 1 is 1.26 bits per heavy atom. The van der Waals surface area contributed by atoms with Gasteiger partial charge in [0.05, 0.1) is 6.04 Å². The molecule has 100 valence electrons. The number of nitrogens with one attached hydrogen (secondary N) is 1. The molecule has 0 aliphatic carbocycles. The summed E-state index contributed by atoms with van der Waals surface area (Å²) in [6.07, 6.45) is 4.60. The van der Waals surface area contributed by atoms with Gasteiger partial charge in [0, 0.05) is 5.56 Å². The van der Waals surface area contributed by atoms with Gasteiger partial charge in [-0.3, -0.25) is 0 Å². The first-order chi connectivity index (χ1) is 9.36. The fourth-order valence-corrected chi connectivity index (χ4v) is 2.45. The maximum atomic E-state index is 5.38. The first kappa shape index (κ1) is 12.4. The topological polar surface area (TPSA) is 51.0 Å². The van der Waals surface area contributed by atoms with E-state index in [2.05, 4.69) is 34.5 Å². The van der Waals surface area contributed by atoms with E-state index < -0.39 is 0 Å². The number of benzene rings is 1. The highest BCUT2D eigenvalue weighted by molar-refractivity contribution is 5.53. The second-order valence-corrected chi connectivity index (χ2v) is 5.01. The van der Waals surface area contributed by atoms with Gasteiger partial charge in [-0.05, 0) is 43.5 Å². The third kappa shape index (κ3) is 2.68. The average Bonchev–Trinajstić information content (AvgIpc) is 2.98. The number of hydrogen-bond donors (Lipinski definition) is 1. The van der Waals surface area contributed by atoms with Gasteiger partial charge >= 0.3 is 0 Å². The van der Waals surface area contributed by atoms with Crippen LogP contribution in [0.1, 0.15) is 43.6 Å². The Morgan fingerprint density at radius 3 is 2.79 bits per heavy atom. The maximum Gasteiger partial charge on any atom is 0.257 e. The van der Waals surface area contributed by atoms with Crippen molar-refractivity contribution in [3.63, 3.8) is 0 Å². The highest BCUT2D eigenvalue weighted by Crippen LogP contribution is 2.24. The van der Waals surface area contributed by atoms with Gasteiger partial charge in [0.25, 0.3) is 5.89 Å². The highest BCUT2D eigenvalue weighted by atomic mass is 16.5. The number of nitrogens with zero attached hydrogens (tertiary/aromatic N) is 2. The summed E-state index contributed by atoms with van der Waals surface area (Å²) in [5.41, 5.74) is 2.31. The number of piperidine rings is 1. The van der Waals surface area contributed by atoms with Crippen LogP contribution in [0.5, 0.6) is 0 Å². The summed E-state index contributed by atoms with van der Waals surface area (Å²) in [5.74, 6) is 1.40. The summed E-state index contributed by atoms with van der Waals surface area (Å²) in [6.45, 7) is 3.19. The van der Waals surface area contributed by atoms with Crippen LogP contribution < -0.4 is 5.32 Å². The summed E-state index contributed by atoms with van der Waals surface area (Å²) < 4.78 is 5.38. The van der Waals surface area contributed by atoms with E-state index in [0.717, 1.165) is 30.8 Å². The average molecular weight is 257 g/mol. The molecule has 2 heterocycles. The van der Waals surface area contributed by atoms with E-state index in [1.165, 1.54) is 18.4 Å². The number of hydrogen-bond acceptors (Lipinski definition) is 4. The van der Waals surface area contributed by atoms with E-state index in [4.69, 9.17) is 4.52 Å². The zero-order chi connectivity index (χ0) is 13.1. The van der Waals surface area contributed by atoms with E-state index in [-0.39, 0.29) is 6.04 Å². The minimum Gasteiger partial charge on any atom is -0.334 e. The molecule has 1 fully saturated rings. The van der Waals surface area contributed by atoms with E-state index in [9.17, 15) is 0 Å². The molecule has 4 heteroatoms. The quantitative estimate of drug-likeness (QED) is 0.918. The zero-order valence-electron chi connectivity index (χ0n) is 11.2. The fourth-order valence-electron chi connectivity index (χ4n) is 2.45. The summed E-state index contributed by atoms with van der Waals surface area (Å²) in [6, 6.07) is 8.56. The molecule has 4 nitrogen and oxygen atoms in total. The lowest BCUT2D eigenvalue weighted by Gasteiger charge is -2.19. The smallest absolute Gasteiger partial charge is 0.257 e. The lowest BCUT2D eigenvalue weighted by Crippen LogP contribution is -2.27. The van der Waals surface area contributed by atoms with Crippen LogP contribution in [0.3, 0.4) is 0 Å². The van der Waals surface area contributed by atoms with Crippen LogP contribution in [0.25, 0.3) is 11.5 Å². The predicted octanol–water partition coefficient (Wildman–Crippen LogP) is 3.11. The molecule has 1 saturated heterocycles. The Morgan fingerprint density at radius 2 is 2.11 bits per heavy atom. The molecule has 0 saturated carbocycles. The monoisotopic (exact) mass is 257 g/mol. The summed E-state index contributed by atoms with van der Waals surface area (Å²) in [4.78, 5) is 4.52. The van der Waals surface area contributed by atoms with Crippen molar-refractivity contribution in [3.8, 4) is 11.5 Å². The van der Waals surface area contributed by atoms with Crippen molar-refractivity contribution in [1.82, 2.24) is 15.5 Å². The Bertz CT molecular complexity index is 527. The Balaban J connectivity index is 1.79. The first-order valence-corrected chi connectivity index (χ1v) is 7.03. The molecule has 1 N–H and O–H groups in total. The molecule has 19 heavy (non-hydrogen) atoms. The number of aromatic nitrogens is 2. The second-order valence-electron chi connectivity index (χ2n) is 5.01. The van der Waals surface area contributed by atoms with Gasteiger partial charge < -0.3 is 9.84 Å². The molecule has 0 spiro atoms. The zero-order valence-corrected chi connectivity index (χ0v) is 11.2. The lowest BCUT2D eigenvalue weighted by atomic mass is 10.0. The molecular formula is C15H19N3O. The summed E-state index contributed by atoms with van der Waals surface area (Å²) in [5, 5.41) is 7.54. The van der Waals surface area contributed by atoms with Crippen LogP contribution in [-0.4, -0.2) is 16.7 Å². The molecule has 1 aliphatic rings. The van der Waals surface area contributed by atoms with Crippen molar-refractivity contribution in [2.24, 2.45) is 0 Å². The molecule has 3 rings (SSSR count). The van der Waals surface area contributed by atoms with Crippen molar-refractivity contribution in [2.75, 3.05) is 6.54 Å². The minimum atomic E-state index is 0.251. The molecule has 1 aromatic heterocycles. The van der Waals surface area contributed by atoms with Crippen LogP contribution in [0.4, 0.5) is 0 Å². The molecule has 1 atom stereocenters. The van der Waals surface area contributed by atoms with Gasteiger partial charge in [0.15, 0.2) is 5.82 Å². The summed E-state index contributed by atoms with van der Waals surface area (Å²) in [7, 11) is 0. The van der Waals surface area contributed by atoms with Crippen molar-refractivity contribution in [3.05, 3.63) is 35.7 Å². The number of aryl methyl sites for hydroxylation is 1. The normalized spacial score (nSPS) is 19.5. The molecule has 0 bridgehead atoms. The Hall–Kier alpha value is -1.68. The van der Waals surface area contributed by atoms with E-state index in [1.54, 1.807) is 0 Å². The largest absolute Gasteiger partial charge is 0.334 e. The third-order valence-electron chi connectivity index (χ3n) is 3.67. The second kappa shape index (κ2) is 5.53. The van der Waals surface area contributed by atoms with E-state index in [0.29, 0.717) is 5.89 Å². The third-order valence-corrected chi connectivity index (χ3v) is 3.67. The van der Waals surface area contributed by atoms with E-state index in [1.807, 2.05) is 12.1 Å². The van der Waals surface area contributed by atoms with Crippen molar-refractivity contribution in [1.29, 1.82) is 0 Å². The van der Waals surface area contributed by atoms with Crippen molar-refractivity contribution < 1.29 is 4.52 Å². The number of rotatable bonds is 3. The standard InChI is InChI=1S/C15H19N3O/c1-2-11-6-8-12(9-7-11)15-17-14(18-19-15)13-5-3-4-10-16-13/h6-9,13,16H,2-5,10H2,1H3. The fraction of sp³-hybridized carbons (Fsp3) is 0.467. The first-order valence-electron chi connectivity index (χ1n) is 7.03. The van der Waals surface area contributed by atoms with E-state index >= 15 is 0 Å². The molecule has 1 aliphatic heterocycles. The molecular weight excluding hydrogens is 238 g/mol. The van der Waals surface area contributed by atoms with Crippen LogP contribution in [0.15, 0.2) is 28.8 Å². The van der Waals surface area contributed by atoms with Gasteiger partial charge in [-0.2, -0.15) is 4.98 Å². The van der Waals surface area contributed by atoms with Gasteiger partial charge in [-0.15, -0.1) is 0 Å². The Kier molecular flexibility index (Phi) is 3.60.